The molecule has 8 heteroatoms. The molecule has 124 valence electrons. The maximum absolute atomic E-state index is 12.3. The lowest BCUT2D eigenvalue weighted by Gasteiger charge is -2.34. The van der Waals surface area contributed by atoms with E-state index in [1.165, 1.54) is 0 Å². The van der Waals surface area contributed by atoms with Gasteiger partial charge in [0.05, 0.1) is 6.20 Å². The zero-order chi connectivity index (χ0) is 16.2. The number of aryl methyl sites for hydroxylation is 2. The summed E-state index contributed by atoms with van der Waals surface area (Å²) < 4.78 is 3.76. The Morgan fingerprint density at radius 2 is 2.00 bits per heavy atom. The van der Waals surface area contributed by atoms with Crippen LogP contribution in [0.5, 0.6) is 0 Å². The number of carbonyl (C=O) groups is 1. The molecule has 0 aromatic carbocycles. The van der Waals surface area contributed by atoms with Crippen LogP contribution in [0.2, 0.25) is 0 Å². The van der Waals surface area contributed by atoms with Crippen LogP contribution in [0.3, 0.4) is 0 Å². The molecular formula is C15H23N7O. The van der Waals surface area contributed by atoms with Crippen LogP contribution in [0.1, 0.15) is 23.2 Å². The summed E-state index contributed by atoms with van der Waals surface area (Å²) in [6, 6.07) is 0. The molecule has 0 N–H and O–H groups in total. The van der Waals surface area contributed by atoms with Crippen molar-refractivity contribution in [3.63, 3.8) is 0 Å². The fourth-order valence-corrected chi connectivity index (χ4v) is 2.89. The molecule has 3 heterocycles. The van der Waals surface area contributed by atoms with Gasteiger partial charge in [-0.3, -0.25) is 14.4 Å². The Morgan fingerprint density at radius 1 is 1.22 bits per heavy atom. The highest BCUT2D eigenvalue weighted by atomic mass is 16.2. The molecular weight excluding hydrogens is 294 g/mol. The van der Waals surface area contributed by atoms with Crippen LogP contribution in [-0.2, 0) is 20.0 Å². The van der Waals surface area contributed by atoms with Crippen LogP contribution in [0.15, 0.2) is 18.6 Å². The second-order valence-corrected chi connectivity index (χ2v) is 5.80. The number of amides is 1. The van der Waals surface area contributed by atoms with E-state index in [1.807, 2.05) is 17.3 Å². The van der Waals surface area contributed by atoms with E-state index in [-0.39, 0.29) is 5.91 Å². The Balaban J connectivity index is 1.48. The number of hydrogen-bond acceptors (Lipinski definition) is 5. The molecule has 0 aliphatic carbocycles. The van der Waals surface area contributed by atoms with Crippen molar-refractivity contribution in [2.45, 2.75) is 19.9 Å². The molecule has 1 saturated heterocycles. The Kier molecular flexibility index (Phi) is 4.71. The van der Waals surface area contributed by atoms with Gasteiger partial charge in [0.1, 0.15) is 5.82 Å². The van der Waals surface area contributed by atoms with Crippen LogP contribution in [0.4, 0.5) is 0 Å². The average molecular weight is 317 g/mol. The van der Waals surface area contributed by atoms with Gasteiger partial charge in [-0.15, -0.1) is 5.10 Å². The predicted molar refractivity (Wildman–Crippen MR) is 85.0 cm³/mol. The van der Waals surface area contributed by atoms with E-state index in [4.69, 9.17) is 0 Å². The lowest BCUT2D eigenvalue weighted by Crippen LogP contribution is -2.49. The Hall–Kier alpha value is -2.22. The number of piperazine rings is 1. The van der Waals surface area contributed by atoms with Gasteiger partial charge in [-0.25, -0.2) is 4.98 Å². The molecule has 1 aliphatic rings. The van der Waals surface area contributed by atoms with E-state index in [0.717, 1.165) is 51.5 Å². The summed E-state index contributed by atoms with van der Waals surface area (Å²) in [5, 5.41) is 7.72. The summed E-state index contributed by atoms with van der Waals surface area (Å²) in [5.74, 6) is 1.10. The van der Waals surface area contributed by atoms with E-state index in [2.05, 4.69) is 31.7 Å². The standard InChI is InChI=1S/C15H23N7O/c1-3-14-16-4-5-21(14)9-6-20-7-10-22(11-8-20)15(23)13-12-19(2)18-17-13/h4-5,12H,3,6-11H2,1-2H3. The number of imidazole rings is 1. The molecule has 0 radical (unpaired) electrons. The highest BCUT2D eigenvalue weighted by molar-refractivity contribution is 5.92. The van der Waals surface area contributed by atoms with Crippen LogP contribution >= 0.6 is 0 Å². The van der Waals surface area contributed by atoms with Crippen molar-refractivity contribution in [1.82, 2.24) is 34.3 Å². The summed E-state index contributed by atoms with van der Waals surface area (Å²) in [5.41, 5.74) is 0.423. The summed E-state index contributed by atoms with van der Waals surface area (Å²) in [6.07, 6.45) is 6.51. The monoisotopic (exact) mass is 317 g/mol. The van der Waals surface area contributed by atoms with E-state index >= 15 is 0 Å². The van der Waals surface area contributed by atoms with Gasteiger partial charge in [0.25, 0.3) is 5.91 Å². The molecule has 8 nitrogen and oxygen atoms in total. The second-order valence-electron chi connectivity index (χ2n) is 5.80. The number of nitrogens with zero attached hydrogens (tertiary/aromatic N) is 7. The van der Waals surface area contributed by atoms with Gasteiger partial charge in [0.15, 0.2) is 5.69 Å². The predicted octanol–water partition coefficient (Wildman–Crippen LogP) is 0.0320. The molecule has 3 rings (SSSR count). The van der Waals surface area contributed by atoms with Crippen molar-refractivity contribution < 1.29 is 4.79 Å². The highest BCUT2D eigenvalue weighted by Crippen LogP contribution is 2.07. The lowest BCUT2D eigenvalue weighted by molar-refractivity contribution is 0.0627. The van der Waals surface area contributed by atoms with Gasteiger partial charge >= 0.3 is 0 Å². The van der Waals surface area contributed by atoms with E-state index in [0.29, 0.717) is 5.69 Å². The molecule has 1 amide bonds. The Bertz CT molecular complexity index is 654. The van der Waals surface area contributed by atoms with Crippen molar-refractivity contribution in [2.24, 2.45) is 7.05 Å². The Morgan fingerprint density at radius 3 is 2.65 bits per heavy atom. The third-order valence-corrected chi connectivity index (χ3v) is 4.26. The smallest absolute Gasteiger partial charge is 0.276 e. The molecule has 1 fully saturated rings. The quantitative estimate of drug-likeness (QED) is 0.778. The van der Waals surface area contributed by atoms with Crippen molar-refractivity contribution in [3.05, 3.63) is 30.1 Å². The highest BCUT2D eigenvalue weighted by Gasteiger charge is 2.23. The molecule has 1 aliphatic heterocycles. The molecule has 0 bridgehead atoms. The van der Waals surface area contributed by atoms with Gasteiger partial charge in [0.2, 0.25) is 0 Å². The SMILES string of the molecule is CCc1nccn1CCN1CCN(C(=O)c2cn(C)nn2)CC1. The first-order valence-corrected chi connectivity index (χ1v) is 8.05. The normalized spacial score (nSPS) is 16.0. The first-order valence-electron chi connectivity index (χ1n) is 8.05. The number of hydrogen-bond donors (Lipinski definition) is 0. The third kappa shape index (κ3) is 3.58. The van der Waals surface area contributed by atoms with Gasteiger partial charge < -0.3 is 9.47 Å². The van der Waals surface area contributed by atoms with Crippen molar-refractivity contribution >= 4 is 5.91 Å². The van der Waals surface area contributed by atoms with E-state index in [1.54, 1.807) is 17.9 Å². The zero-order valence-electron chi connectivity index (χ0n) is 13.7. The maximum atomic E-state index is 12.3. The molecule has 2 aromatic rings. The van der Waals surface area contributed by atoms with E-state index in [9.17, 15) is 4.79 Å². The van der Waals surface area contributed by atoms with Crippen LogP contribution in [0.25, 0.3) is 0 Å². The van der Waals surface area contributed by atoms with Gasteiger partial charge in [-0.1, -0.05) is 12.1 Å². The van der Waals surface area contributed by atoms with Gasteiger partial charge in [0, 0.05) is 65.1 Å². The van der Waals surface area contributed by atoms with Crippen molar-refractivity contribution in [3.8, 4) is 0 Å². The van der Waals surface area contributed by atoms with Gasteiger partial charge in [-0.2, -0.15) is 0 Å². The Labute approximate surface area is 135 Å². The minimum atomic E-state index is -0.0272. The third-order valence-electron chi connectivity index (χ3n) is 4.26. The minimum Gasteiger partial charge on any atom is -0.335 e. The number of aromatic nitrogens is 5. The summed E-state index contributed by atoms with van der Waals surface area (Å²) >= 11 is 0. The number of carbonyl (C=O) groups excluding carboxylic acids is 1. The summed E-state index contributed by atoms with van der Waals surface area (Å²) in [7, 11) is 1.77. The zero-order valence-corrected chi connectivity index (χ0v) is 13.7. The fourth-order valence-electron chi connectivity index (χ4n) is 2.89. The molecule has 0 spiro atoms. The van der Waals surface area contributed by atoms with Gasteiger partial charge in [-0.05, 0) is 0 Å². The van der Waals surface area contributed by atoms with E-state index < -0.39 is 0 Å². The average Bonchev–Trinajstić information content (AvgIpc) is 3.21. The second kappa shape index (κ2) is 6.91. The molecule has 23 heavy (non-hydrogen) atoms. The van der Waals surface area contributed by atoms with Crippen molar-refractivity contribution in [2.75, 3.05) is 32.7 Å². The summed E-state index contributed by atoms with van der Waals surface area (Å²) in [4.78, 5) is 20.9. The molecule has 0 atom stereocenters. The first-order chi connectivity index (χ1) is 11.2. The first kappa shape index (κ1) is 15.7. The largest absolute Gasteiger partial charge is 0.335 e. The number of rotatable bonds is 5. The topological polar surface area (TPSA) is 72.1 Å². The van der Waals surface area contributed by atoms with Crippen LogP contribution in [-0.4, -0.2) is 73.0 Å². The minimum absolute atomic E-state index is 0.0272. The van der Waals surface area contributed by atoms with Crippen LogP contribution in [0, 0.1) is 0 Å². The van der Waals surface area contributed by atoms with Crippen LogP contribution < -0.4 is 0 Å². The molecule has 0 unspecified atom stereocenters. The van der Waals surface area contributed by atoms with Crippen molar-refractivity contribution in [1.29, 1.82) is 0 Å². The fraction of sp³-hybridized carbons (Fsp3) is 0.600. The summed E-state index contributed by atoms with van der Waals surface area (Å²) in [6.45, 7) is 7.30. The maximum Gasteiger partial charge on any atom is 0.276 e. The molecule has 0 saturated carbocycles. The molecule has 2 aromatic heterocycles. The lowest BCUT2D eigenvalue weighted by atomic mass is 10.3.